The van der Waals surface area contributed by atoms with Crippen LogP contribution in [0.15, 0.2) is 84.9 Å². The number of methoxy groups -OCH3 is 2. The molecule has 0 aliphatic heterocycles. The molecule has 0 unspecified atom stereocenters. The zero-order valence-corrected chi connectivity index (χ0v) is 18.5. The van der Waals surface area contributed by atoms with E-state index in [4.69, 9.17) is 9.47 Å². The van der Waals surface area contributed by atoms with Gasteiger partial charge in [-0.05, 0) is 35.1 Å². The lowest BCUT2D eigenvalue weighted by Crippen LogP contribution is -2.19. The fourth-order valence-corrected chi connectivity index (χ4v) is 5.77. The topological polar surface area (TPSA) is 18.5 Å². The van der Waals surface area contributed by atoms with Crippen LogP contribution in [0, 0.1) is 0 Å². The first-order valence-corrected chi connectivity index (χ1v) is 11.4. The van der Waals surface area contributed by atoms with Crippen LogP contribution < -0.4 is 9.47 Å². The van der Waals surface area contributed by atoms with E-state index in [0.29, 0.717) is 11.8 Å². The zero-order chi connectivity index (χ0) is 21.7. The third kappa shape index (κ3) is 2.72. The van der Waals surface area contributed by atoms with Crippen molar-refractivity contribution in [3.05, 3.63) is 96.1 Å². The number of hydrogen-bond donors (Lipinski definition) is 0. The van der Waals surface area contributed by atoms with Gasteiger partial charge in [0, 0.05) is 33.7 Å². The SMILES string of the molecule is COc1c2c(c(OC)c3c(-c4ccccc4)ccc(-c4ccccc4)c13)[C@H]1C=C[C@H]2CC1. The van der Waals surface area contributed by atoms with Gasteiger partial charge in [-0.15, -0.1) is 0 Å². The largest absolute Gasteiger partial charge is 0.496 e. The van der Waals surface area contributed by atoms with E-state index in [0.717, 1.165) is 35.1 Å². The Morgan fingerprint density at radius 1 is 0.562 bits per heavy atom. The summed E-state index contributed by atoms with van der Waals surface area (Å²) >= 11 is 0. The van der Waals surface area contributed by atoms with Crippen LogP contribution in [-0.4, -0.2) is 14.2 Å². The Hall–Kier alpha value is -3.52. The molecule has 7 rings (SSSR count). The summed E-state index contributed by atoms with van der Waals surface area (Å²) in [6, 6.07) is 25.7. The van der Waals surface area contributed by atoms with E-state index in [1.165, 1.54) is 33.4 Å². The first kappa shape index (κ1) is 19.2. The molecule has 0 saturated heterocycles. The summed E-state index contributed by atoms with van der Waals surface area (Å²) < 4.78 is 12.5. The second-order valence-electron chi connectivity index (χ2n) is 8.71. The van der Waals surface area contributed by atoms with Crippen LogP contribution in [0.4, 0.5) is 0 Å². The van der Waals surface area contributed by atoms with Crippen LogP contribution in [0.25, 0.3) is 33.0 Å². The lowest BCUT2D eigenvalue weighted by Gasteiger charge is -2.37. The van der Waals surface area contributed by atoms with Crippen LogP contribution in [0.1, 0.15) is 35.8 Å². The fraction of sp³-hybridized carbons (Fsp3) is 0.200. The highest BCUT2D eigenvalue weighted by molar-refractivity contribution is 6.12. The van der Waals surface area contributed by atoms with E-state index in [9.17, 15) is 0 Å². The highest BCUT2D eigenvalue weighted by atomic mass is 16.5. The van der Waals surface area contributed by atoms with Crippen molar-refractivity contribution in [2.45, 2.75) is 24.7 Å². The van der Waals surface area contributed by atoms with E-state index < -0.39 is 0 Å². The number of hydrogen-bond acceptors (Lipinski definition) is 2. The van der Waals surface area contributed by atoms with Crippen molar-refractivity contribution < 1.29 is 9.47 Å². The predicted molar refractivity (Wildman–Crippen MR) is 132 cm³/mol. The molecule has 0 amide bonds. The summed E-state index contributed by atoms with van der Waals surface area (Å²) in [5, 5.41) is 2.30. The van der Waals surface area contributed by atoms with Crippen LogP contribution >= 0.6 is 0 Å². The standard InChI is InChI=1S/C30H26O2/c1-31-29-25-21-13-15-22(16-14-21)26(25)30(32-2)28-24(20-11-7-4-8-12-20)18-17-23(27(28)29)19-9-5-3-6-10-19/h3-13,15,17-18,21-22H,14,16H2,1-2H3/t21-,22-/m0/s1. The smallest absolute Gasteiger partial charge is 0.131 e. The van der Waals surface area contributed by atoms with E-state index in [1.54, 1.807) is 0 Å². The monoisotopic (exact) mass is 418 g/mol. The molecule has 3 aliphatic rings. The molecule has 2 bridgehead atoms. The molecule has 0 heterocycles. The summed E-state index contributed by atoms with van der Waals surface area (Å²) in [6.07, 6.45) is 7.07. The van der Waals surface area contributed by atoms with Crippen LogP contribution in [-0.2, 0) is 0 Å². The number of rotatable bonds is 4. The molecule has 3 aliphatic carbocycles. The summed E-state index contributed by atoms with van der Waals surface area (Å²) in [5.41, 5.74) is 7.38. The minimum atomic E-state index is 0.382. The Morgan fingerprint density at radius 2 is 0.969 bits per heavy atom. The van der Waals surface area contributed by atoms with Gasteiger partial charge in [0.15, 0.2) is 0 Å². The van der Waals surface area contributed by atoms with Gasteiger partial charge in [0.25, 0.3) is 0 Å². The van der Waals surface area contributed by atoms with Crippen molar-refractivity contribution >= 4 is 10.8 Å². The van der Waals surface area contributed by atoms with Gasteiger partial charge in [-0.1, -0.05) is 84.9 Å². The minimum absolute atomic E-state index is 0.382. The maximum Gasteiger partial charge on any atom is 0.131 e. The van der Waals surface area contributed by atoms with Gasteiger partial charge >= 0.3 is 0 Å². The predicted octanol–water partition coefficient (Wildman–Crippen LogP) is 7.72. The first-order chi connectivity index (χ1) is 15.8. The Bertz CT molecular complexity index is 1230. The van der Waals surface area contributed by atoms with Gasteiger partial charge in [-0.3, -0.25) is 0 Å². The maximum absolute atomic E-state index is 6.24. The summed E-state index contributed by atoms with van der Waals surface area (Å²) in [6.45, 7) is 0. The first-order valence-electron chi connectivity index (χ1n) is 11.4. The van der Waals surface area contributed by atoms with Crippen molar-refractivity contribution in [1.82, 2.24) is 0 Å². The molecular weight excluding hydrogens is 392 g/mol. The van der Waals surface area contributed by atoms with Crippen LogP contribution in [0.3, 0.4) is 0 Å². The van der Waals surface area contributed by atoms with Crippen molar-refractivity contribution in [2.75, 3.05) is 14.2 Å². The van der Waals surface area contributed by atoms with Gasteiger partial charge in [-0.2, -0.15) is 0 Å². The minimum Gasteiger partial charge on any atom is -0.496 e. The van der Waals surface area contributed by atoms with Gasteiger partial charge in [0.05, 0.1) is 14.2 Å². The van der Waals surface area contributed by atoms with Gasteiger partial charge in [0.2, 0.25) is 0 Å². The molecule has 0 spiro atoms. The Labute approximate surface area is 189 Å². The van der Waals surface area contributed by atoms with E-state index in [2.05, 4.69) is 84.9 Å². The maximum atomic E-state index is 6.24. The molecule has 0 saturated carbocycles. The molecule has 4 aromatic carbocycles. The van der Waals surface area contributed by atoms with Crippen molar-refractivity contribution in [1.29, 1.82) is 0 Å². The highest BCUT2D eigenvalue weighted by Gasteiger charge is 2.37. The summed E-state index contributed by atoms with van der Waals surface area (Å²) in [7, 11) is 3.63. The average molecular weight is 419 g/mol. The van der Waals surface area contributed by atoms with Crippen molar-refractivity contribution in [3.8, 4) is 33.8 Å². The van der Waals surface area contributed by atoms with E-state index >= 15 is 0 Å². The van der Waals surface area contributed by atoms with Gasteiger partial charge in [-0.25, -0.2) is 0 Å². The fourth-order valence-electron chi connectivity index (χ4n) is 5.77. The summed E-state index contributed by atoms with van der Waals surface area (Å²) in [4.78, 5) is 0. The zero-order valence-electron chi connectivity index (χ0n) is 18.5. The normalized spacial score (nSPS) is 18.6. The molecule has 32 heavy (non-hydrogen) atoms. The molecule has 2 atom stereocenters. The quantitative estimate of drug-likeness (QED) is 0.316. The number of benzene rings is 4. The number of allylic oxidation sites excluding steroid dienone is 2. The molecule has 2 heteroatoms. The van der Waals surface area contributed by atoms with Crippen molar-refractivity contribution in [3.63, 3.8) is 0 Å². The Balaban J connectivity index is 1.82. The number of fused-ring (bicyclic) bond motifs is 2. The Morgan fingerprint density at radius 3 is 1.31 bits per heavy atom. The van der Waals surface area contributed by atoms with Crippen molar-refractivity contribution in [2.24, 2.45) is 0 Å². The lowest BCUT2D eigenvalue weighted by atomic mass is 9.69. The highest BCUT2D eigenvalue weighted by Crippen LogP contribution is 2.58. The second-order valence-corrected chi connectivity index (χ2v) is 8.71. The van der Waals surface area contributed by atoms with E-state index in [-0.39, 0.29) is 0 Å². The molecule has 0 aromatic heterocycles. The molecule has 0 radical (unpaired) electrons. The molecule has 158 valence electrons. The average Bonchev–Trinajstić information content (AvgIpc) is 2.88. The van der Waals surface area contributed by atoms with E-state index in [1.807, 2.05) is 14.2 Å². The van der Waals surface area contributed by atoms with Gasteiger partial charge in [0.1, 0.15) is 11.5 Å². The number of ether oxygens (including phenoxy) is 2. The van der Waals surface area contributed by atoms with Crippen LogP contribution in [0.5, 0.6) is 11.5 Å². The Kier molecular flexibility index (Phi) is 4.53. The molecule has 2 nitrogen and oxygen atoms in total. The third-order valence-electron chi connectivity index (χ3n) is 7.12. The molecule has 0 fully saturated rings. The summed E-state index contributed by atoms with van der Waals surface area (Å²) in [5.74, 6) is 2.78. The lowest BCUT2D eigenvalue weighted by molar-refractivity contribution is 0.386. The molecule has 0 N–H and O–H groups in total. The second kappa shape index (κ2) is 7.56. The van der Waals surface area contributed by atoms with Crippen LogP contribution in [0.2, 0.25) is 0 Å². The molecule has 4 aromatic rings. The molecular formula is C30H26O2. The van der Waals surface area contributed by atoms with Gasteiger partial charge < -0.3 is 9.47 Å². The third-order valence-corrected chi connectivity index (χ3v) is 7.12.